The van der Waals surface area contributed by atoms with Crippen molar-refractivity contribution in [2.75, 3.05) is 12.3 Å². The molecule has 0 radical (unpaired) electrons. The number of alkyl halides is 1. The monoisotopic (exact) mass is 275 g/mol. The Bertz CT molecular complexity index is 450. The van der Waals surface area contributed by atoms with E-state index < -0.39 is 22.0 Å². The molecule has 0 saturated heterocycles. The van der Waals surface area contributed by atoms with Crippen LogP contribution in [0, 0.1) is 0 Å². The molecule has 18 heavy (non-hydrogen) atoms. The van der Waals surface area contributed by atoms with E-state index in [1.165, 1.54) is 0 Å². The van der Waals surface area contributed by atoms with Crippen LogP contribution in [0.5, 0.6) is 0 Å². The van der Waals surface area contributed by atoms with E-state index in [9.17, 15) is 12.8 Å². The first-order valence-corrected chi connectivity index (χ1v) is 7.34. The standard InChI is InChI=1S/C12H18FNO3S/c1-10(7-11-5-3-2-4-6-11)14-8-12(13)9-18(15,16)17/h2-6,10,12,14H,7-9H2,1H3,(H,15,16,17). The van der Waals surface area contributed by atoms with Crippen molar-refractivity contribution < 1.29 is 17.4 Å². The van der Waals surface area contributed by atoms with Gasteiger partial charge in [0.15, 0.2) is 0 Å². The smallest absolute Gasteiger partial charge is 0.267 e. The molecule has 0 saturated carbocycles. The average molecular weight is 275 g/mol. The number of hydrogen-bond acceptors (Lipinski definition) is 3. The Labute approximate surface area is 107 Å². The number of rotatable bonds is 7. The van der Waals surface area contributed by atoms with Gasteiger partial charge in [-0.05, 0) is 18.9 Å². The van der Waals surface area contributed by atoms with Gasteiger partial charge in [0.05, 0.1) is 0 Å². The zero-order valence-corrected chi connectivity index (χ0v) is 11.0. The third-order valence-corrected chi connectivity index (χ3v) is 3.25. The Morgan fingerprint density at radius 2 is 1.94 bits per heavy atom. The predicted octanol–water partition coefficient (Wildman–Crippen LogP) is 1.43. The maximum absolute atomic E-state index is 13.2. The maximum atomic E-state index is 13.2. The number of benzene rings is 1. The van der Waals surface area contributed by atoms with Gasteiger partial charge >= 0.3 is 0 Å². The molecule has 4 nitrogen and oxygen atoms in total. The van der Waals surface area contributed by atoms with Gasteiger partial charge in [-0.3, -0.25) is 4.55 Å². The Morgan fingerprint density at radius 3 is 2.50 bits per heavy atom. The highest BCUT2D eigenvalue weighted by molar-refractivity contribution is 7.85. The molecule has 2 unspecified atom stereocenters. The van der Waals surface area contributed by atoms with E-state index in [1.54, 1.807) is 0 Å². The molecular formula is C12H18FNO3S. The van der Waals surface area contributed by atoms with Gasteiger partial charge < -0.3 is 5.32 Å². The molecule has 0 aliphatic rings. The van der Waals surface area contributed by atoms with Crippen LogP contribution in [-0.4, -0.2) is 37.5 Å². The van der Waals surface area contributed by atoms with Gasteiger partial charge in [-0.25, -0.2) is 4.39 Å². The summed E-state index contributed by atoms with van der Waals surface area (Å²) in [6.07, 6.45) is -0.863. The van der Waals surface area contributed by atoms with E-state index >= 15 is 0 Å². The minimum atomic E-state index is -4.25. The third kappa shape index (κ3) is 6.68. The van der Waals surface area contributed by atoms with Crippen LogP contribution in [0.25, 0.3) is 0 Å². The minimum absolute atomic E-state index is 0.0343. The summed E-state index contributed by atoms with van der Waals surface area (Å²) in [6.45, 7) is 1.81. The molecule has 0 amide bonds. The third-order valence-electron chi connectivity index (χ3n) is 2.46. The molecule has 0 bridgehead atoms. The lowest BCUT2D eigenvalue weighted by atomic mass is 10.1. The van der Waals surface area contributed by atoms with E-state index in [0.29, 0.717) is 0 Å². The Morgan fingerprint density at radius 1 is 1.33 bits per heavy atom. The molecule has 0 aliphatic carbocycles. The second kappa shape index (κ2) is 6.82. The first kappa shape index (κ1) is 15.1. The lowest BCUT2D eigenvalue weighted by molar-refractivity contribution is 0.326. The molecule has 1 aromatic rings. The topological polar surface area (TPSA) is 66.4 Å². The van der Waals surface area contributed by atoms with Crippen LogP contribution in [0.2, 0.25) is 0 Å². The molecule has 1 rings (SSSR count). The second-order valence-electron chi connectivity index (χ2n) is 4.34. The van der Waals surface area contributed by atoms with Crippen LogP contribution in [0.1, 0.15) is 12.5 Å². The van der Waals surface area contributed by atoms with Gasteiger partial charge in [0.25, 0.3) is 10.1 Å². The molecule has 0 spiro atoms. The quantitative estimate of drug-likeness (QED) is 0.739. The van der Waals surface area contributed by atoms with Gasteiger partial charge in [0.1, 0.15) is 11.9 Å². The highest BCUT2D eigenvalue weighted by Gasteiger charge is 2.16. The lowest BCUT2D eigenvalue weighted by Gasteiger charge is -2.15. The largest absolute Gasteiger partial charge is 0.311 e. The van der Waals surface area contributed by atoms with Gasteiger partial charge in [0, 0.05) is 12.6 Å². The van der Waals surface area contributed by atoms with Gasteiger partial charge in [-0.1, -0.05) is 30.3 Å². The summed E-state index contributed by atoms with van der Waals surface area (Å²) in [7, 11) is -4.25. The van der Waals surface area contributed by atoms with Crippen LogP contribution >= 0.6 is 0 Å². The van der Waals surface area contributed by atoms with Crippen LogP contribution < -0.4 is 5.32 Å². The van der Waals surface area contributed by atoms with Crippen LogP contribution in [0.3, 0.4) is 0 Å². The molecule has 0 aliphatic heterocycles. The zero-order valence-electron chi connectivity index (χ0n) is 10.2. The van der Waals surface area contributed by atoms with Crippen molar-refractivity contribution in [3.63, 3.8) is 0 Å². The van der Waals surface area contributed by atoms with Crippen molar-refractivity contribution in [3.05, 3.63) is 35.9 Å². The Kier molecular flexibility index (Phi) is 5.71. The van der Waals surface area contributed by atoms with E-state index in [2.05, 4.69) is 5.32 Å². The summed E-state index contributed by atoms with van der Waals surface area (Å²) in [4.78, 5) is 0. The highest BCUT2D eigenvalue weighted by Crippen LogP contribution is 2.03. The summed E-state index contributed by atoms with van der Waals surface area (Å²) in [5.74, 6) is -0.863. The summed E-state index contributed by atoms with van der Waals surface area (Å²) in [5, 5.41) is 2.90. The zero-order chi connectivity index (χ0) is 13.6. The first-order valence-electron chi connectivity index (χ1n) is 5.73. The van der Waals surface area contributed by atoms with Crippen molar-refractivity contribution in [3.8, 4) is 0 Å². The van der Waals surface area contributed by atoms with E-state index in [-0.39, 0.29) is 12.6 Å². The summed E-state index contributed by atoms with van der Waals surface area (Å²) < 4.78 is 42.6. The lowest BCUT2D eigenvalue weighted by Crippen LogP contribution is -2.36. The second-order valence-corrected chi connectivity index (χ2v) is 5.84. The van der Waals surface area contributed by atoms with Crippen molar-refractivity contribution in [1.29, 1.82) is 0 Å². The summed E-state index contributed by atoms with van der Waals surface area (Å²) >= 11 is 0. The fourth-order valence-electron chi connectivity index (χ4n) is 1.66. The summed E-state index contributed by atoms with van der Waals surface area (Å²) in [5.41, 5.74) is 1.13. The van der Waals surface area contributed by atoms with E-state index in [1.807, 2.05) is 37.3 Å². The van der Waals surface area contributed by atoms with Gasteiger partial charge in [-0.2, -0.15) is 8.42 Å². The van der Waals surface area contributed by atoms with Crippen molar-refractivity contribution in [1.82, 2.24) is 5.32 Å². The first-order chi connectivity index (χ1) is 8.37. The molecule has 0 heterocycles. The highest BCUT2D eigenvalue weighted by atomic mass is 32.2. The SMILES string of the molecule is CC(Cc1ccccc1)NCC(F)CS(=O)(=O)O. The van der Waals surface area contributed by atoms with Crippen LogP contribution in [-0.2, 0) is 16.5 Å². The fourth-order valence-corrected chi connectivity index (χ4v) is 2.23. The number of nitrogens with one attached hydrogen (secondary N) is 1. The molecular weight excluding hydrogens is 257 g/mol. The maximum Gasteiger partial charge on any atom is 0.267 e. The molecule has 1 aromatic carbocycles. The van der Waals surface area contributed by atoms with Crippen molar-refractivity contribution >= 4 is 10.1 Å². The van der Waals surface area contributed by atoms with Gasteiger partial charge in [0.2, 0.25) is 0 Å². The molecule has 0 fully saturated rings. The average Bonchev–Trinajstić information content (AvgIpc) is 2.25. The molecule has 102 valence electrons. The predicted molar refractivity (Wildman–Crippen MR) is 68.9 cm³/mol. The minimum Gasteiger partial charge on any atom is -0.311 e. The number of hydrogen-bond donors (Lipinski definition) is 2. The molecule has 2 N–H and O–H groups in total. The molecule has 6 heteroatoms. The summed E-state index contributed by atoms with van der Waals surface area (Å²) in [6, 6.07) is 9.77. The van der Waals surface area contributed by atoms with Gasteiger partial charge in [-0.15, -0.1) is 0 Å². The van der Waals surface area contributed by atoms with Crippen molar-refractivity contribution in [2.45, 2.75) is 25.6 Å². The van der Waals surface area contributed by atoms with Crippen LogP contribution in [0.15, 0.2) is 30.3 Å². The molecule has 2 atom stereocenters. The van der Waals surface area contributed by atoms with Crippen molar-refractivity contribution in [2.24, 2.45) is 0 Å². The Balaban J connectivity index is 2.31. The number of halogens is 1. The normalized spacial score (nSPS) is 15.3. The Hall–Kier alpha value is -0.980. The fraction of sp³-hybridized carbons (Fsp3) is 0.500. The molecule has 0 aromatic heterocycles. The van der Waals surface area contributed by atoms with E-state index in [4.69, 9.17) is 4.55 Å². The van der Waals surface area contributed by atoms with Crippen LogP contribution in [0.4, 0.5) is 4.39 Å². The van der Waals surface area contributed by atoms with E-state index in [0.717, 1.165) is 12.0 Å².